The minimum absolute atomic E-state index is 0.205. The summed E-state index contributed by atoms with van der Waals surface area (Å²) < 4.78 is 0. The van der Waals surface area contributed by atoms with Crippen molar-refractivity contribution in [1.29, 1.82) is 0 Å². The van der Waals surface area contributed by atoms with Crippen LogP contribution in [0.15, 0.2) is 0 Å². The third-order valence-corrected chi connectivity index (χ3v) is 3.97. The van der Waals surface area contributed by atoms with E-state index in [9.17, 15) is 4.79 Å². The van der Waals surface area contributed by atoms with Gasteiger partial charge >= 0.3 is 0 Å². The third-order valence-electron chi connectivity index (χ3n) is 3.51. The van der Waals surface area contributed by atoms with E-state index in [1.807, 2.05) is 0 Å². The number of aromatic nitrogens is 2. The Morgan fingerprint density at radius 3 is 3.00 bits per heavy atom. The normalized spacial score (nSPS) is 20.9. The molecule has 1 amide bonds. The van der Waals surface area contributed by atoms with E-state index in [2.05, 4.69) is 27.5 Å². The van der Waals surface area contributed by atoms with E-state index in [4.69, 9.17) is 11.6 Å². The van der Waals surface area contributed by atoms with Crippen LogP contribution in [0.3, 0.4) is 0 Å². The van der Waals surface area contributed by atoms with Crippen LogP contribution >= 0.6 is 11.6 Å². The van der Waals surface area contributed by atoms with E-state index in [0.29, 0.717) is 17.6 Å². The maximum atomic E-state index is 11.9. The molecule has 0 bridgehead atoms. The highest BCUT2D eigenvalue weighted by molar-refractivity contribution is 6.34. The first kappa shape index (κ1) is 13.4. The zero-order chi connectivity index (χ0) is 13.1. The molecule has 1 fully saturated rings. The second-order valence-electron chi connectivity index (χ2n) is 4.85. The zero-order valence-electron chi connectivity index (χ0n) is 10.8. The van der Waals surface area contributed by atoms with Crippen LogP contribution in [0.2, 0.25) is 5.02 Å². The van der Waals surface area contributed by atoms with Gasteiger partial charge in [0.05, 0.1) is 10.7 Å². The highest BCUT2D eigenvalue weighted by Crippen LogP contribution is 2.17. The number of nitrogens with one attached hydrogen (secondary N) is 2. The molecule has 0 radical (unpaired) electrons. The van der Waals surface area contributed by atoms with Crippen LogP contribution in [0.1, 0.15) is 35.4 Å². The van der Waals surface area contributed by atoms with Crippen LogP contribution < -0.4 is 5.32 Å². The van der Waals surface area contributed by atoms with Crippen LogP contribution in [0, 0.1) is 6.92 Å². The van der Waals surface area contributed by atoms with Crippen molar-refractivity contribution in [3.63, 3.8) is 0 Å². The quantitative estimate of drug-likeness (QED) is 0.877. The molecule has 2 heterocycles. The van der Waals surface area contributed by atoms with Crippen LogP contribution in [-0.4, -0.2) is 47.2 Å². The number of hydrogen-bond acceptors (Lipinski definition) is 3. The number of likely N-dealkylation sites (N-methyl/N-ethyl adjacent to an activating group) is 1. The second-order valence-corrected chi connectivity index (χ2v) is 5.23. The summed E-state index contributed by atoms with van der Waals surface area (Å²) in [5.74, 6) is -0.205. The largest absolute Gasteiger partial charge is 0.349 e. The summed E-state index contributed by atoms with van der Waals surface area (Å²) in [4.78, 5) is 14.2. The number of H-pyrrole nitrogens is 1. The Bertz CT molecular complexity index is 432. The number of hydrogen-bond donors (Lipinski definition) is 2. The van der Waals surface area contributed by atoms with E-state index < -0.39 is 0 Å². The Balaban J connectivity index is 1.90. The van der Waals surface area contributed by atoms with Gasteiger partial charge in [0.15, 0.2) is 5.69 Å². The molecule has 18 heavy (non-hydrogen) atoms. The highest BCUT2D eigenvalue weighted by Gasteiger charge is 2.21. The summed E-state index contributed by atoms with van der Waals surface area (Å²) in [6.45, 7) is 3.54. The standard InChI is InChI=1S/C12H19ClN4O/c1-8-10(13)11(16-15-8)12(18)14-7-9-5-3-4-6-17(9)2/h9H,3-7H2,1-2H3,(H,14,18)(H,15,16)/t9-/m1/s1. The van der Waals surface area contributed by atoms with Crippen LogP contribution in [0.4, 0.5) is 0 Å². The number of nitrogens with zero attached hydrogens (tertiary/aromatic N) is 2. The molecule has 2 N–H and O–H groups in total. The molecule has 0 aromatic carbocycles. The summed E-state index contributed by atoms with van der Waals surface area (Å²) in [7, 11) is 2.10. The molecular formula is C12H19ClN4O. The van der Waals surface area contributed by atoms with Crippen molar-refractivity contribution in [2.75, 3.05) is 20.1 Å². The number of carbonyl (C=O) groups is 1. The molecule has 1 aromatic heterocycles. The zero-order valence-corrected chi connectivity index (χ0v) is 11.5. The average molecular weight is 271 g/mol. The van der Waals surface area contributed by atoms with E-state index in [-0.39, 0.29) is 11.6 Å². The SMILES string of the molecule is Cc1[nH]nc(C(=O)NC[C@H]2CCCCN2C)c1Cl. The van der Waals surface area contributed by atoms with Gasteiger partial charge in [-0.15, -0.1) is 0 Å². The molecule has 1 aliphatic heterocycles. The Morgan fingerprint density at radius 2 is 2.39 bits per heavy atom. The lowest BCUT2D eigenvalue weighted by Crippen LogP contribution is -2.44. The first-order valence-corrected chi connectivity index (χ1v) is 6.66. The number of likely N-dealkylation sites (tertiary alicyclic amines) is 1. The molecule has 1 saturated heterocycles. The minimum atomic E-state index is -0.205. The topological polar surface area (TPSA) is 61.0 Å². The van der Waals surface area contributed by atoms with Gasteiger partial charge in [-0.25, -0.2) is 0 Å². The maximum Gasteiger partial charge on any atom is 0.273 e. The lowest BCUT2D eigenvalue weighted by Gasteiger charge is -2.32. The first-order chi connectivity index (χ1) is 8.59. The minimum Gasteiger partial charge on any atom is -0.349 e. The van der Waals surface area contributed by atoms with Gasteiger partial charge in [0, 0.05) is 12.6 Å². The fourth-order valence-corrected chi connectivity index (χ4v) is 2.43. The summed E-state index contributed by atoms with van der Waals surface area (Å²) in [5, 5.41) is 9.94. The van der Waals surface area contributed by atoms with Gasteiger partial charge in [-0.2, -0.15) is 5.10 Å². The molecule has 5 nitrogen and oxygen atoms in total. The van der Waals surface area contributed by atoms with E-state index in [1.54, 1.807) is 6.92 Å². The van der Waals surface area contributed by atoms with Crippen LogP contribution in [-0.2, 0) is 0 Å². The van der Waals surface area contributed by atoms with Gasteiger partial charge in [-0.3, -0.25) is 9.89 Å². The fraction of sp³-hybridized carbons (Fsp3) is 0.667. The fourth-order valence-electron chi connectivity index (χ4n) is 2.26. The van der Waals surface area contributed by atoms with Gasteiger partial charge in [-0.05, 0) is 33.4 Å². The average Bonchev–Trinajstić information content (AvgIpc) is 2.69. The number of carbonyl (C=O) groups excluding carboxylic acids is 1. The predicted molar refractivity (Wildman–Crippen MR) is 70.9 cm³/mol. The molecule has 0 aliphatic carbocycles. The summed E-state index contributed by atoms with van der Waals surface area (Å²) in [6, 6.07) is 0.418. The molecule has 2 rings (SSSR count). The lowest BCUT2D eigenvalue weighted by atomic mass is 10.0. The number of aryl methyl sites for hydroxylation is 1. The van der Waals surface area contributed by atoms with E-state index in [0.717, 1.165) is 18.7 Å². The molecule has 0 saturated carbocycles. The Kier molecular flexibility index (Phi) is 4.24. The second kappa shape index (κ2) is 5.71. The van der Waals surface area contributed by atoms with Gasteiger partial charge in [0.2, 0.25) is 0 Å². The molecule has 100 valence electrons. The molecule has 6 heteroatoms. The predicted octanol–water partition coefficient (Wildman–Crippen LogP) is 1.59. The summed E-state index contributed by atoms with van der Waals surface area (Å²) in [5.41, 5.74) is 1.00. The van der Waals surface area contributed by atoms with Crippen molar-refractivity contribution in [2.24, 2.45) is 0 Å². The van der Waals surface area contributed by atoms with Crippen molar-refractivity contribution in [3.8, 4) is 0 Å². The smallest absolute Gasteiger partial charge is 0.273 e. The first-order valence-electron chi connectivity index (χ1n) is 6.28. The van der Waals surface area contributed by atoms with Crippen LogP contribution in [0.25, 0.3) is 0 Å². The summed E-state index contributed by atoms with van der Waals surface area (Å²) >= 11 is 5.99. The molecule has 1 aliphatic rings. The Morgan fingerprint density at radius 1 is 1.61 bits per heavy atom. The monoisotopic (exact) mass is 270 g/mol. The van der Waals surface area contributed by atoms with Gasteiger partial charge < -0.3 is 10.2 Å². The van der Waals surface area contributed by atoms with E-state index in [1.165, 1.54) is 12.8 Å². The molecular weight excluding hydrogens is 252 g/mol. The van der Waals surface area contributed by atoms with Gasteiger partial charge in [0.25, 0.3) is 5.91 Å². The molecule has 0 spiro atoms. The van der Waals surface area contributed by atoms with Gasteiger partial charge in [-0.1, -0.05) is 18.0 Å². The number of amides is 1. The number of halogens is 1. The maximum absolute atomic E-state index is 11.9. The molecule has 0 unspecified atom stereocenters. The van der Waals surface area contributed by atoms with Crippen LogP contribution in [0.5, 0.6) is 0 Å². The highest BCUT2D eigenvalue weighted by atomic mass is 35.5. The third kappa shape index (κ3) is 2.84. The Hall–Kier alpha value is -1.07. The molecule has 1 atom stereocenters. The van der Waals surface area contributed by atoms with E-state index >= 15 is 0 Å². The van der Waals surface area contributed by atoms with Crippen molar-refractivity contribution in [3.05, 3.63) is 16.4 Å². The molecule has 1 aromatic rings. The number of aromatic amines is 1. The Labute approximate surface area is 112 Å². The summed E-state index contributed by atoms with van der Waals surface area (Å²) in [6.07, 6.45) is 3.60. The van der Waals surface area contributed by atoms with Crippen molar-refractivity contribution >= 4 is 17.5 Å². The van der Waals surface area contributed by atoms with Gasteiger partial charge in [0.1, 0.15) is 0 Å². The van der Waals surface area contributed by atoms with Crippen molar-refractivity contribution in [2.45, 2.75) is 32.2 Å². The van der Waals surface area contributed by atoms with Crippen molar-refractivity contribution < 1.29 is 4.79 Å². The number of rotatable bonds is 3. The number of piperidine rings is 1. The lowest BCUT2D eigenvalue weighted by molar-refractivity contribution is 0.0923. The van der Waals surface area contributed by atoms with Crippen molar-refractivity contribution in [1.82, 2.24) is 20.4 Å².